The van der Waals surface area contributed by atoms with Gasteiger partial charge in [0.2, 0.25) is 0 Å². The monoisotopic (exact) mass is 264 g/mol. The van der Waals surface area contributed by atoms with Gasteiger partial charge in [-0.3, -0.25) is 0 Å². The average Bonchev–Trinajstić information content (AvgIpc) is 2.29. The molecule has 16 heavy (non-hydrogen) atoms. The van der Waals surface area contributed by atoms with Gasteiger partial charge in [-0.15, -0.1) is 7.92 Å². The van der Waals surface area contributed by atoms with Crippen molar-refractivity contribution >= 4 is 20.6 Å². The van der Waals surface area contributed by atoms with Gasteiger partial charge in [-0.1, -0.05) is 0 Å². The average molecular weight is 264 g/mol. The van der Waals surface area contributed by atoms with Crippen molar-refractivity contribution in [1.29, 1.82) is 0 Å². The molecule has 98 valence electrons. The summed E-state index contributed by atoms with van der Waals surface area (Å²) in [6.07, 6.45) is 12.0. The van der Waals surface area contributed by atoms with Crippen molar-refractivity contribution in [2.45, 2.75) is 38.5 Å². The zero-order valence-electron chi connectivity index (χ0n) is 10.5. The highest BCUT2D eigenvalue weighted by atomic mass is 32.1. The second-order valence-corrected chi connectivity index (χ2v) is 7.39. The van der Waals surface area contributed by atoms with E-state index in [0.29, 0.717) is 0 Å². The van der Waals surface area contributed by atoms with E-state index in [1.807, 2.05) is 0 Å². The first-order valence-electron chi connectivity index (χ1n) is 6.58. The lowest BCUT2D eigenvalue weighted by Gasteiger charge is -2.17. The molecule has 0 unspecified atom stereocenters. The van der Waals surface area contributed by atoms with Crippen molar-refractivity contribution in [3.05, 3.63) is 0 Å². The maximum absolute atomic E-state index is 5.54. The predicted octanol–water partition coefficient (Wildman–Crippen LogP) is 2.66. The summed E-state index contributed by atoms with van der Waals surface area (Å²) in [4.78, 5) is 0. The number of rotatable bonds is 12. The molecule has 0 rings (SSSR count). The van der Waals surface area contributed by atoms with Gasteiger partial charge in [0.1, 0.15) is 0 Å². The van der Waals surface area contributed by atoms with Crippen molar-refractivity contribution in [2.75, 3.05) is 37.3 Å². The van der Waals surface area contributed by atoms with Crippen LogP contribution >= 0.6 is 20.6 Å². The largest absolute Gasteiger partial charge is 0.330 e. The van der Waals surface area contributed by atoms with Gasteiger partial charge in [-0.25, -0.2) is 0 Å². The summed E-state index contributed by atoms with van der Waals surface area (Å²) in [6, 6.07) is 0. The van der Waals surface area contributed by atoms with Gasteiger partial charge in [0.25, 0.3) is 0 Å². The number of thiol groups is 1. The molecule has 0 aliphatic rings. The van der Waals surface area contributed by atoms with Gasteiger partial charge in [0.15, 0.2) is 0 Å². The summed E-state index contributed by atoms with van der Waals surface area (Å²) in [6.45, 7) is 1.70. The van der Waals surface area contributed by atoms with E-state index in [0.717, 1.165) is 18.8 Å². The standard InChI is InChI=1S/C12H29N2PS/c13-7-1-3-9-15(10-4-2-8-14)11-5-6-12-16/h16H,1-14H2. The maximum atomic E-state index is 5.54. The molecule has 4 heteroatoms. The zero-order valence-corrected chi connectivity index (χ0v) is 12.3. The Morgan fingerprint density at radius 2 is 1.12 bits per heavy atom. The summed E-state index contributed by atoms with van der Waals surface area (Å²) >= 11 is 4.27. The van der Waals surface area contributed by atoms with Gasteiger partial charge in [-0.05, 0) is 75.9 Å². The molecule has 0 saturated heterocycles. The van der Waals surface area contributed by atoms with Crippen molar-refractivity contribution in [1.82, 2.24) is 0 Å². The molecular formula is C12H29N2PS. The van der Waals surface area contributed by atoms with E-state index >= 15 is 0 Å². The van der Waals surface area contributed by atoms with Crippen LogP contribution in [-0.2, 0) is 0 Å². The lowest BCUT2D eigenvalue weighted by Crippen LogP contribution is -2.03. The Kier molecular flexibility index (Phi) is 14.4. The predicted molar refractivity (Wildman–Crippen MR) is 81.2 cm³/mol. The van der Waals surface area contributed by atoms with Crippen molar-refractivity contribution < 1.29 is 0 Å². The molecule has 0 radical (unpaired) electrons. The second kappa shape index (κ2) is 13.8. The molecule has 0 saturated carbocycles. The Hall–Kier alpha value is 0.700. The van der Waals surface area contributed by atoms with Crippen LogP contribution in [0.5, 0.6) is 0 Å². The summed E-state index contributed by atoms with van der Waals surface area (Å²) < 4.78 is 0. The van der Waals surface area contributed by atoms with Crippen molar-refractivity contribution in [3.63, 3.8) is 0 Å². The van der Waals surface area contributed by atoms with E-state index in [4.69, 9.17) is 11.5 Å². The van der Waals surface area contributed by atoms with E-state index < -0.39 is 0 Å². The van der Waals surface area contributed by atoms with Crippen LogP contribution in [0.3, 0.4) is 0 Å². The molecule has 0 aromatic heterocycles. The molecule has 4 N–H and O–H groups in total. The minimum Gasteiger partial charge on any atom is -0.330 e. The van der Waals surface area contributed by atoms with Crippen molar-refractivity contribution in [2.24, 2.45) is 11.5 Å². The van der Waals surface area contributed by atoms with Gasteiger partial charge in [0, 0.05) is 0 Å². The Morgan fingerprint density at radius 3 is 1.50 bits per heavy atom. The first-order valence-corrected chi connectivity index (χ1v) is 9.11. The molecule has 0 atom stereocenters. The minimum absolute atomic E-state index is 0.259. The molecule has 0 aromatic carbocycles. The highest BCUT2D eigenvalue weighted by molar-refractivity contribution is 7.80. The fraction of sp³-hybridized carbons (Fsp3) is 1.00. The molecule has 2 nitrogen and oxygen atoms in total. The smallest absolute Gasteiger partial charge is 0.00772 e. The molecule has 0 aliphatic carbocycles. The SMILES string of the molecule is NCCCCP(CCCCN)CCCCS. The van der Waals surface area contributed by atoms with Crippen LogP contribution in [-0.4, -0.2) is 37.3 Å². The van der Waals surface area contributed by atoms with Crippen LogP contribution in [0.25, 0.3) is 0 Å². The first kappa shape index (κ1) is 16.7. The Morgan fingerprint density at radius 1 is 0.688 bits per heavy atom. The fourth-order valence-electron chi connectivity index (χ4n) is 1.74. The third-order valence-electron chi connectivity index (χ3n) is 2.74. The van der Waals surface area contributed by atoms with Crippen LogP contribution in [0.15, 0.2) is 0 Å². The Balaban J connectivity index is 3.58. The van der Waals surface area contributed by atoms with E-state index in [1.54, 1.807) is 0 Å². The van der Waals surface area contributed by atoms with E-state index in [1.165, 1.54) is 57.0 Å². The van der Waals surface area contributed by atoms with Crippen LogP contribution in [0, 0.1) is 0 Å². The van der Waals surface area contributed by atoms with Gasteiger partial charge >= 0.3 is 0 Å². The Labute approximate surface area is 108 Å². The number of hydrogen-bond donors (Lipinski definition) is 3. The number of hydrogen-bond acceptors (Lipinski definition) is 3. The van der Waals surface area contributed by atoms with Crippen LogP contribution < -0.4 is 11.5 Å². The third-order valence-corrected chi connectivity index (χ3v) is 5.90. The van der Waals surface area contributed by atoms with Crippen LogP contribution in [0.4, 0.5) is 0 Å². The number of nitrogens with two attached hydrogens (primary N) is 2. The topological polar surface area (TPSA) is 52.0 Å². The Bertz CT molecular complexity index is 112. The minimum atomic E-state index is 0.259. The molecule has 0 bridgehead atoms. The van der Waals surface area contributed by atoms with Crippen LogP contribution in [0.1, 0.15) is 38.5 Å². The zero-order chi connectivity index (χ0) is 12.1. The van der Waals surface area contributed by atoms with Gasteiger partial charge < -0.3 is 11.5 Å². The normalized spacial score (nSPS) is 11.2. The van der Waals surface area contributed by atoms with Gasteiger partial charge in [0.05, 0.1) is 0 Å². The highest BCUT2D eigenvalue weighted by Gasteiger charge is 2.06. The molecule has 0 heterocycles. The van der Waals surface area contributed by atoms with E-state index in [9.17, 15) is 0 Å². The molecular weight excluding hydrogens is 235 g/mol. The molecule has 0 aliphatic heterocycles. The van der Waals surface area contributed by atoms with Crippen molar-refractivity contribution in [3.8, 4) is 0 Å². The maximum Gasteiger partial charge on any atom is -0.00772 e. The lowest BCUT2D eigenvalue weighted by molar-refractivity contribution is 0.790. The lowest BCUT2D eigenvalue weighted by atomic mass is 10.3. The molecule has 0 spiro atoms. The van der Waals surface area contributed by atoms with E-state index in [2.05, 4.69) is 12.6 Å². The third kappa shape index (κ3) is 11.2. The van der Waals surface area contributed by atoms with E-state index in [-0.39, 0.29) is 7.92 Å². The molecule has 0 fully saturated rings. The second-order valence-electron chi connectivity index (χ2n) is 4.26. The number of unbranched alkanes of at least 4 members (excludes halogenated alkanes) is 3. The quantitative estimate of drug-likeness (QED) is 0.288. The summed E-state index contributed by atoms with van der Waals surface area (Å²) in [5.74, 6) is 1.04. The summed E-state index contributed by atoms with van der Waals surface area (Å²) in [7, 11) is 0.259. The highest BCUT2D eigenvalue weighted by Crippen LogP contribution is 2.38. The summed E-state index contributed by atoms with van der Waals surface area (Å²) in [5.41, 5.74) is 11.1. The summed E-state index contributed by atoms with van der Waals surface area (Å²) in [5, 5.41) is 0. The molecule has 0 aromatic rings. The van der Waals surface area contributed by atoms with Crippen LogP contribution in [0.2, 0.25) is 0 Å². The van der Waals surface area contributed by atoms with Gasteiger partial charge in [-0.2, -0.15) is 12.6 Å². The first-order chi connectivity index (χ1) is 7.85. The molecule has 0 amide bonds. The fourth-order valence-corrected chi connectivity index (χ4v) is 4.65.